The first-order chi connectivity index (χ1) is 9.66. The lowest BCUT2D eigenvalue weighted by Crippen LogP contribution is -2.37. The standard InChI is InChI=1S/C10H12F3N3O5/c11-10(12,13)3-1-16(9(20)15-7(3)14)8-6(19)5(18)4(2-17)21-8/h1,4-6,8,17-19H,2H2,(H2,14,15,20)/t4-,5-,6+,8-/m1/s1. The molecule has 0 radical (unpaired) electrons. The van der Waals surface area contributed by atoms with E-state index in [1.54, 1.807) is 0 Å². The summed E-state index contributed by atoms with van der Waals surface area (Å²) in [6, 6.07) is 0. The minimum absolute atomic E-state index is 0.352. The molecule has 0 aliphatic carbocycles. The highest BCUT2D eigenvalue weighted by atomic mass is 19.4. The van der Waals surface area contributed by atoms with Gasteiger partial charge >= 0.3 is 11.9 Å². The van der Waals surface area contributed by atoms with Crippen LogP contribution in [0.15, 0.2) is 11.0 Å². The number of aliphatic hydroxyl groups is 3. The van der Waals surface area contributed by atoms with Crippen LogP contribution in [0.1, 0.15) is 11.8 Å². The van der Waals surface area contributed by atoms with Crippen LogP contribution >= 0.6 is 0 Å². The predicted octanol–water partition coefficient (Wildman–Crippen LogP) is -1.54. The van der Waals surface area contributed by atoms with Gasteiger partial charge in [-0.1, -0.05) is 0 Å². The second-order valence-electron chi connectivity index (χ2n) is 4.46. The van der Waals surface area contributed by atoms with E-state index in [1.807, 2.05) is 0 Å². The Morgan fingerprint density at radius 3 is 2.48 bits per heavy atom. The lowest BCUT2D eigenvalue weighted by Gasteiger charge is -2.19. The summed E-state index contributed by atoms with van der Waals surface area (Å²) in [5.74, 6) is -1.00. The average molecular weight is 311 g/mol. The van der Waals surface area contributed by atoms with Crippen LogP contribution in [0.3, 0.4) is 0 Å². The summed E-state index contributed by atoms with van der Waals surface area (Å²) in [5.41, 5.74) is 2.49. The van der Waals surface area contributed by atoms with Gasteiger partial charge in [-0.15, -0.1) is 0 Å². The molecule has 1 fully saturated rings. The number of nitrogens with zero attached hydrogens (tertiary/aromatic N) is 2. The van der Waals surface area contributed by atoms with Gasteiger partial charge in [0, 0.05) is 6.20 Å². The maximum absolute atomic E-state index is 12.7. The van der Waals surface area contributed by atoms with E-state index in [0.29, 0.717) is 10.8 Å². The van der Waals surface area contributed by atoms with E-state index in [1.165, 1.54) is 0 Å². The second kappa shape index (κ2) is 5.26. The van der Waals surface area contributed by atoms with Gasteiger partial charge in [0.15, 0.2) is 6.23 Å². The molecule has 0 aromatic carbocycles. The zero-order valence-electron chi connectivity index (χ0n) is 10.4. The summed E-state index contributed by atoms with van der Waals surface area (Å²) >= 11 is 0. The SMILES string of the molecule is Nc1nc(=O)n([C@@H]2O[C@H](CO)[C@@H](O)[C@@H]2O)cc1C(F)(F)F. The molecule has 1 aliphatic heterocycles. The van der Waals surface area contributed by atoms with Crippen molar-refractivity contribution in [2.45, 2.75) is 30.7 Å². The van der Waals surface area contributed by atoms with E-state index < -0.39 is 54.4 Å². The van der Waals surface area contributed by atoms with Crippen LogP contribution in [-0.4, -0.2) is 49.8 Å². The molecule has 8 nitrogen and oxygen atoms in total. The van der Waals surface area contributed by atoms with Gasteiger partial charge in [0.05, 0.1) is 6.61 Å². The summed E-state index contributed by atoms with van der Waals surface area (Å²) < 4.78 is 43.6. The summed E-state index contributed by atoms with van der Waals surface area (Å²) in [6.45, 7) is -0.683. The number of aromatic nitrogens is 2. The van der Waals surface area contributed by atoms with E-state index in [4.69, 9.17) is 15.6 Å². The monoisotopic (exact) mass is 311 g/mol. The number of alkyl halides is 3. The highest BCUT2D eigenvalue weighted by Gasteiger charge is 2.45. The van der Waals surface area contributed by atoms with E-state index >= 15 is 0 Å². The maximum Gasteiger partial charge on any atom is 0.421 e. The number of aliphatic hydroxyl groups excluding tert-OH is 3. The van der Waals surface area contributed by atoms with Crippen LogP contribution in [0.25, 0.3) is 0 Å². The lowest BCUT2D eigenvalue weighted by molar-refractivity contribution is -0.138. The Hall–Kier alpha value is -1.69. The predicted molar refractivity (Wildman–Crippen MR) is 60.9 cm³/mol. The molecule has 2 rings (SSSR count). The zero-order valence-corrected chi connectivity index (χ0v) is 10.4. The summed E-state index contributed by atoms with van der Waals surface area (Å²) in [7, 11) is 0. The minimum atomic E-state index is -4.86. The smallest absolute Gasteiger partial charge is 0.394 e. The minimum Gasteiger partial charge on any atom is -0.394 e. The molecule has 0 amide bonds. The highest BCUT2D eigenvalue weighted by Crippen LogP contribution is 2.34. The number of ether oxygens (including phenoxy) is 1. The van der Waals surface area contributed by atoms with E-state index in [2.05, 4.69) is 4.98 Å². The fraction of sp³-hybridized carbons (Fsp3) is 0.600. The topological polar surface area (TPSA) is 131 Å². The molecule has 4 atom stereocenters. The van der Waals surface area contributed by atoms with Crippen molar-refractivity contribution in [3.8, 4) is 0 Å². The third-order valence-electron chi connectivity index (χ3n) is 3.08. The molecule has 1 saturated heterocycles. The fourth-order valence-corrected chi connectivity index (χ4v) is 1.99. The van der Waals surface area contributed by atoms with Crippen LogP contribution in [0.2, 0.25) is 0 Å². The number of hydrogen-bond acceptors (Lipinski definition) is 7. The normalized spacial score (nSPS) is 29.8. The van der Waals surface area contributed by atoms with E-state index in [9.17, 15) is 28.2 Å². The van der Waals surface area contributed by atoms with E-state index in [0.717, 1.165) is 0 Å². The Labute approximate surface area is 115 Å². The van der Waals surface area contributed by atoms with Gasteiger partial charge in [-0.25, -0.2) is 4.79 Å². The van der Waals surface area contributed by atoms with Gasteiger partial charge < -0.3 is 25.8 Å². The molecule has 118 valence electrons. The van der Waals surface area contributed by atoms with Crippen molar-refractivity contribution in [3.63, 3.8) is 0 Å². The number of halogens is 3. The van der Waals surface area contributed by atoms with Crippen LogP contribution in [-0.2, 0) is 10.9 Å². The van der Waals surface area contributed by atoms with Gasteiger partial charge in [-0.3, -0.25) is 4.57 Å². The first-order valence-corrected chi connectivity index (χ1v) is 5.75. The first kappa shape index (κ1) is 15.7. The van der Waals surface area contributed by atoms with Crippen LogP contribution in [0.4, 0.5) is 19.0 Å². The summed E-state index contributed by atoms with van der Waals surface area (Å²) in [4.78, 5) is 14.6. The quantitative estimate of drug-likeness (QED) is 0.520. The second-order valence-corrected chi connectivity index (χ2v) is 4.46. The van der Waals surface area contributed by atoms with Gasteiger partial charge in [-0.05, 0) is 0 Å². The summed E-state index contributed by atoms with van der Waals surface area (Å²) in [5, 5.41) is 28.2. The number of anilines is 1. The fourth-order valence-electron chi connectivity index (χ4n) is 1.99. The summed E-state index contributed by atoms with van der Waals surface area (Å²) in [6.07, 6.45) is -10.6. The van der Waals surface area contributed by atoms with Crippen molar-refractivity contribution < 1.29 is 33.2 Å². The molecule has 5 N–H and O–H groups in total. The molecule has 11 heteroatoms. The van der Waals surface area contributed by atoms with Gasteiger partial charge in [0.1, 0.15) is 29.7 Å². The molecule has 21 heavy (non-hydrogen) atoms. The molecular weight excluding hydrogens is 299 g/mol. The molecule has 0 saturated carbocycles. The zero-order chi connectivity index (χ0) is 15.9. The van der Waals surface area contributed by atoms with Crippen LogP contribution in [0.5, 0.6) is 0 Å². The number of rotatable bonds is 2. The van der Waals surface area contributed by atoms with Crippen molar-refractivity contribution in [1.29, 1.82) is 0 Å². The van der Waals surface area contributed by atoms with Crippen molar-refractivity contribution in [2.75, 3.05) is 12.3 Å². The van der Waals surface area contributed by atoms with Crippen molar-refractivity contribution in [2.24, 2.45) is 0 Å². The number of nitrogens with two attached hydrogens (primary N) is 1. The van der Waals surface area contributed by atoms with Crippen LogP contribution in [0, 0.1) is 0 Å². The maximum atomic E-state index is 12.7. The molecule has 0 spiro atoms. The number of hydrogen-bond donors (Lipinski definition) is 4. The van der Waals surface area contributed by atoms with Gasteiger partial charge in [0.2, 0.25) is 0 Å². The van der Waals surface area contributed by atoms with Crippen molar-refractivity contribution in [1.82, 2.24) is 9.55 Å². The molecule has 1 aromatic heterocycles. The average Bonchev–Trinajstić information content (AvgIpc) is 2.65. The Bertz CT molecular complexity index is 590. The number of nitrogen functional groups attached to an aromatic ring is 1. The van der Waals surface area contributed by atoms with Crippen LogP contribution < -0.4 is 11.4 Å². The lowest BCUT2D eigenvalue weighted by atomic mass is 10.1. The van der Waals surface area contributed by atoms with Crippen molar-refractivity contribution >= 4 is 5.82 Å². The molecule has 0 bridgehead atoms. The molecule has 0 unspecified atom stereocenters. The Kier molecular flexibility index (Phi) is 3.93. The van der Waals surface area contributed by atoms with Gasteiger partial charge in [0.25, 0.3) is 0 Å². The van der Waals surface area contributed by atoms with Gasteiger partial charge in [-0.2, -0.15) is 18.2 Å². The highest BCUT2D eigenvalue weighted by molar-refractivity contribution is 5.39. The largest absolute Gasteiger partial charge is 0.421 e. The Morgan fingerprint density at radius 1 is 1.38 bits per heavy atom. The molecule has 1 aromatic rings. The Balaban J connectivity index is 2.48. The molecular formula is C10H12F3N3O5. The molecule has 2 heterocycles. The molecule has 1 aliphatic rings. The third-order valence-corrected chi connectivity index (χ3v) is 3.08. The Morgan fingerprint density at radius 2 is 2.00 bits per heavy atom. The van der Waals surface area contributed by atoms with E-state index in [-0.39, 0.29) is 0 Å². The first-order valence-electron chi connectivity index (χ1n) is 5.75. The third kappa shape index (κ3) is 2.72. The van der Waals surface area contributed by atoms with Crippen molar-refractivity contribution in [3.05, 3.63) is 22.2 Å².